The highest BCUT2D eigenvalue weighted by molar-refractivity contribution is 5.78. The van der Waals surface area contributed by atoms with Crippen molar-refractivity contribution < 1.29 is 14.3 Å². The molecule has 0 atom stereocenters. The maximum absolute atomic E-state index is 12.3. The van der Waals surface area contributed by atoms with Crippen LogP contribution in [0, 0.1) is 25.2 Å². The number of carbonyl (C=O) groups is 1. The molecule has 0 aliphatic carbocycles. The SMILES string of the molecule is COc1cc(-c2cn(C)c(=O)c(C)c2C)cc(OC)c1CN(C)C1CCN(C(=O)CC#N)CC1. The molecule has 1 aromatic heterocycles. The van der Waals surface area contributed by atoms with Crippen LogP contribution in [-0.2, 0) is 18.4 Å². The topological polar surface area (TPSA) is 87.8 Å². The second-order valence-electron chi connectivity index (χ2n) is 8.93. The fraction of sp³-hybridized carbons (Fsp3) is 0.500. The summed E-state index contributed by atoms with van der Waals surface area (Å²) in [6, 6.07) is 6.25. The van der Waals surface area contributed by atoms with E-state index in [9.17, 15) is 9.59 Å². The van der Waals surface area contributed by atoms with Crippen LogP contribution >= 0.6 is 0 Å². The van der Waals surface area contributed by atoms with Crippen molar-refractivity contribution in [1.82, 2.24) is 14.4 Å². The molecular formula is C26H34N4O4. The van der Waals surface area contributed by atoms with Crippen molar-refractivity contribution in [2.45, 2.75) is 45.7 Å². The zero-order valence-corrected chi connectivity index (χ0v) is 21.0. The Kier molecular flexibility index (Phi) is 8.00. The van der Waals surface area contributed by atoms with E-state index in [2.05, 4.69) is 11.9 Å². The lowest BCUT2D eigenvalue weighted by Crippen LogP contribution is -2.45. The van der Waals surface area contributed by atoms with Gasteiger partial charge in [0.05, 0.1) is 25.9 Å². The highest BCUT2D eigenvalue weighted by Gasteiger charge is 2.26. The number of aryl methyl sites for hydroxylation is 1. The smallest absolute Gasteiger partial charge is 0.253 e. The van der Waals surface area contributed by atoms with Gasteiger partial charge in [-0.1, -0.05) is 0 Å². The lowest BCUT2D eigenvalue weighted by molar-refractivity contribution is -0.131. The summed E-state index contributed by atoms with van der Waals surface area (Å²) < 4.78 is 13.2. The molecule has 34 heavy (non-hydrogen) atoms. The normalized spacial score (nSPS) is 14.2. The number of benzene rings is 1. The van der Waals surface area contributed by atoms with Crippen molar-refractivity contribution in [3.05, 3.63) is 45.4 Å². The Bertz CT molecular complexity index is 1130. The largest absolute Gasteiger partial charge is 0.496 e. The molecule has 1 aromatic carbocycles. The molecule has 0 unspecified atom stereocenters. The average Bonchev–Trinajstić information content (AvgIpc) is 2.85. The monoisotopic (exact) mass is 466 g/mol. The van der Waals surface area contributed by atoms with E-state index in [1.807, 2.05) is 38.2 Å². The number of rotatable bonds is 7. The van der Waals surface area contributed by atoms with Gasteiger partial charge in [-0.2, -0.15) is 5.26 Å². The van der Waals surface area contributed by atoms with Crippen molar-refractivity contribution in [2.75, 3.05) is 34.4 Å². The number of aromatic nitrogens is 1. The molecule has 0 spiro atoms. The first-order chi connectivity index (χ1) is 16.2. The van der Waals surface area contributed by atoms with Gasteiger partial charge >= 0.3 is 0 Å². The fourth-order valence-electron chi connectivity index (χ4n) is 4.68. The lowest BCUT2D eigenvalue weighted by atomic mass is 9.96. The molecule has 182 valence electrons. The third-order valence-corrected chi connectivity index (χ3v) is 6.93. The molecule has 2 heterocycles. The zero-order chi connectivity index (χ0) is 25.0. The predicted molar refractivity (Wildman–Crippen MR) is 131 cm³/mol. The summed E-state index contributed by atoms with van der Waals surface area (Å²) in [5, 5.41) is 8.77. The molecule has 1 saturated heterocycles. The second-order valence-corrected chi connectivity index (χ2v) is 8.93. The number of hydrogen-bond donors (Lipinski definition) is 0. The first-order valence-electron chi connectivity index (χ1n) is 11.5. The first kappa shape index (κ1) is 25.3. The van der Waals surface area contributed by atoms with Gasteiger partial charge in [0, 0.05) is 50.0 Å². The van der Waals surface area contributed by atoms with Gasteiger partial charge in [-0.15, -0.1) is 0 Å². The number of amides is 1. The second kappa shape index (κ2) is 10.7. The number of pyridine rings is 1. The van der Waals surface area contributed by atoms with Crippen LogP contribution in [0.5, 0.6) is 11.5 Å². The first-order valence-corrected chi connectivity index (χ1v) is 11.5. The van der Waals surface area contributed by atoms with E-state index in [-0.39, 0.29) is 17.9 Å². The molecule has 0 radical (unpaired) electrons. The highest BCUT2D eigenvalue weighted by Crippen LogP contribution is 2.37. The Morgan fingerprint density at radius 3 is 2.26 bits per heavy atom. The number of carbonyl (C=O) groups excluding carboxylic acids is 1. The maximum Gasteiger partial charge on any atom is 0.253 e. The van der Waals surface area contributed by atoms with Crippen LogP contribution in [0.2, 0.25) is 0 Å². The minimum atomic E-state index is -0.0912. The van der Waals surface area contributed by atoms with Crippen LogP contribution < -0.4 is 15.0 Å². The molecule has 8 nitrogen and oxygen atoms in total. The van der Waals surface area contributed by atoms with Gasteiger partial charge < -0.3 is 18.9 Å². The number of piperidine rings is 1. The molecule has 1 aliphatic rings. The molecule has 0 N–H and O–H groups in total. The van der Waals surface area contributed by atoms with Crippen LogP contribution in [0.4, 0.5) is 0 Å². The van der Waals surface area contributed by atoms with Crippen molar-refractivity contribution in [1.29, 1.82) is 5.26 Å². The van der Waals surface area contributed by atoms with Crippen LogP contribution in [0.3, 0.4) is 0 Å². The summed E-state index contributed by atoms with van der Waals surface area (Å²) in [7, 11) is 7.14. The van der Waals surface area contributed by atoms with Crippen molar-refractivity contribution in [2.24, 2.45) is 7.05 Å². The Balaban J connectivity index is 1.86. The van der Waals surface area contributed by atoms with Crippen LogP contribution in [0.25, 0.3) is 11.1 Å². The Morgan fingerprint density at radius 2 is 1.74 bits per heavy atom. The van der Waals surface area contributed by atoms with Gasteiger partial charge in [0.25, 0.3) is 5.56 Å². The predicted octanol–water partition coefficient (Wildman–Crippen LogP) is 3.02. The number of hydrogen-bond acceptors (Lipinski definition) is 6. The summed E-state index contributed by atoms with van der Waals surface area (Å²) in [4.78, 5) is 28.4. The Hall–Kier alpha value is -3.31. The zero-order valence-electron chi connectivity index (χ0n) is 21.0. The van der Waals surface area contributed by atoms with Gasteiger partial charge in [0.1, 0.15) is 17.9 Å². The summed E-state index contributed by atoms with van der Waals surface area (Å²) in [6.07, 6.45) is 3.50. The molecule has 3 rings (SSSR count). The Labute approximate surface area is 201 Å². The molecule has 8 heteroatoms. The maximum atomic E-state index is 12.3. The highest BCUT2D eigenvalue weighted by atomic mass is 16.5. The van der Waals surface area contributed by atoms with Gasteiger partial charge in [-0.05, 0) is 57.0 Å². The summed E-state index contributed by atoms with van der Waals surface area (Å²) >= 11 is 0. The van der Waals surface area contributed by atoms with Crippen molar-refractivity contribution >= 4 is 5.91 Å². The number of nitriles is 1. The quantitative estimate of drug-likeness (QED) is 0.623. The van der Waals surface area contributed by atoms with E-state index in [0.717, 1.165) is 52.2 Å². The minimum Gasteiger partial charge on any atom is -0.496 e. The number of nitrogens with zero attached hydrogens (tertiary/aromatic N) is 4. The minimum absolute atomic E-state index is 0.00111. The number of ether oxygens (including phenoxy) is 2. The van der Waals surface area contributed by atoms with Gasteiger partial charge in [-0.3, -0.25) is 14.5 Å². The standard InChI is InChI=1S/C26H34N4O4/c1-17-18(2)26(32)29(4)15-21(17)19-13-23(33-5)22(24(14-19)34-6)16-28(3)20-8-11-30(12-9-20)25(31)7-10-27/h13-15,20H,7-9,11-12,16H2,1-6H3. The van der Waals surface area contributed by atoms with Crippen molar-refractivity contribution in [3.63, 3.8) is 0 Å². The fourth-order valence-corrected chi connectivity index (χ4v) is 4.68. The van der Waals surface area contributed by atoms with E-state index < -0.39 is 0 Å². The number of likely N-dealkylation sites (tertiary alicyclic amines) is 1. The molecule has 1 amide bonds. The third kappa shape index (κ3) is 5.10. The van der Waals surface area contributed by atoms with Crippen LogP contribution in [0.15, 0.2) is 23.1 Å². The summed E-state index contributed by atoms with van der Waals surface area (Å²) in [5.74, 6) is 1.37. The molecule has 0 saturated carbocycles. The van der Waals surface area contributed by atoms with Crippen LogP contribution in [-0.4, -0.2) is 60.7 Å². The van der Waals surface area contributed by atoms with E-state index in [1.165, 1.54) is 0 Å². The van der Waals surface area contributed by atoms with Gasteiger partial charge in [0.2, 0.25) is 5.91 Å². The molecule has 1 fully saturated rings. The van der Waals surface area contributed by atoms with Crippen LogP contribution in [0.1, 0.15) is 36.0 Å². The molecular weight excluding hydrogens is 432 g/mol. The van der Waals surface area contributed by atoms with E-state index >= 15 is 0 Å². The molecule has 0 bridgehead atoms. The summed E-state index contributed by atoms with van der Waals surface area (Å²) in [6.45, 7) is 5.76. The van der Waals surface area contributed by atoms with E-state index in [4.69, 9.17) is 14.7 Å². The van der Waals surface area contributed by atoms with Gasteiger partial charge in [0.15, 0.2) is 0 Å². The van der Waals surface area contributed by atoms with E-state index in [0.29, 0.717) is 25.7 Å². The lowest BCUT2D eigenvalue weighted by Gasteiger charge is -2.37. The van der Waals surface area contributed by atoms with Gasteiger partial charge in [-0.25, -0.2) is 0 Å². The molecule has 1 aliphatic heterocycles. The van der Waals surface area contributed by atoms with E-state index in [1.54, 1.807) is 30.7 Å². The Morgan fingerprint density at radius 1 is 1.15 bits per heavy atom. The molecule has 2 aromatic rings. The third-order valence-electron chi connectivity index (χ3n) is 6.93. The summed E-state index contributed by atoms with van der Waals surface area (Å²) in [5.41, 5.74) is 4.51. The van der Waals surface area contributed by atoms with Crippen molar-refractivity contribution in [3.8, 4) is 28.7 Å². The number of methoxy groups -OCH3 is 2. The average molecular weight is 467 g/mol.